The maximum absolute atomic E-state index is 13.5. The molecule has 1 aromatic heterocycles. The zero-order chi connectivity index (χ0) is 18.8. The molecule has 148 valence electrons. The van der Waals surface area contributed by atoms with Gasteiger partial charge in [0.25, 0.3) is 0 Å². The van der Waals surface area contributed by atoms with Gasteiger partial charge in [-0.1, -0.05) is 11.6 Å². The number of aromatic nitrogens is 3. The van der Waals surface area contributed by atoms with E-state index in [1.165, 1.54) is 19.2 Å². The molecule has 0 spiro atoms. The molecular weight excluding hydrogens is 398 g/mol. The van der Waals surface area contributed by atoms with Crippen LogP contribution >= 0.6 is 24.0 Å². The van der Waals surface area contributed by atoms with Crippen molar-refractivity contribution in [3.63, 3.8) is 0 Å². The van der Waals surface area contributed by atoms with E-state index in [-0.39, 0.29) is 35.8 Å². The summed E-state index contributed by atoms with van der Waals surface area (Å²) >= 11 is 5.89. The number of nitrogens with two attached hydrogens (primary N) is 1. The van der Waals surface area contributed by atoms with Gasteiger partial charge in [0, 0.05) is 12.0 Å². The summed E-state index contributed by atoms with van der Waals surface area (Å²) < 4.78 is 19.7. The number of halogens is 3. The molecule has 27 heavy (non-hydrogen) atoms. The van der Waals surface area contributed by atoms with Crippen LogP contribution in [0.15, 0.2) is 18.2 Å². The number of aliphatic hydroxyl groups excluding tert-OH is 1. The molecule has 2 aromatic rings. The van der Waals surface area contributed by atoms with Crippen molar-refractivity contribution in [1.82, 2.24) is 14.8 Å². The summed E-state index contributed by atoms with van der Waals surface area (Å²) in [6, 6.07) is 3.88. The average molecular weight is 419 g/mol. The third kappa shape index (κ3) is 4.76. The van der Waals surface area contributed by atoms with Gasteiger partial charge in [0.15, 0.2) is 5.82 Å². The number of esters is 1. The highest BCUT2D eigenvalue weighted by Gasteiger charge is 2.31. The zero-order valence-electron chi connectivity index (χ0n) is 14.6. The normalized spacial score (nSPS) is 22.2. The molecule has 1 heterocycles. The van der Waals surface area contributed by atoms with E-state index in [9.17, 15) is 14.3 Å². The van der Waals surface area contributed by atoms with Crippen molar-refractivity contribution in [2.75, 3.05) is 7.11 Å². The van der Waals surface area contributed by atoms with Gasteiger partial charge < -0.3 is 15.6 Å². The van der Waals surface area contributed by atoms with E-state index in [1.54, 1.807) is 10.7 Å². The number of aliphatic hydroxyl groups is 1. The van der Waals surface area contributed by atoms with Gasteiger partial charge in [-0.3, -0.25) is 4.79 Å². The average Bonchev–Trinajstić information content (AvgIpc) is 3.03. The molecule has 1 aliphatic carbocycles. The van der Waals surface area contributed by atoms with Crippen LogP contribution in [0.2, 0.25) is 5.02 Å². The Morgan fingerprint density at radius 3 is 2.85 bits per heavy atom. The first kappa shape index (κ1) is 21.6. The second kappa shape index (κ2) is 8.97. The van der Waals surface area contributed by atoms with Crippen LogP contribution in [0.3, 0.4) is 0 Å². The van der Waals surface area contributed by atoms with Gasteiger partial charge in [0.05, 0.1) is 23.9 Å². The van der Waals surface area contributed by atoms with Crippen LogP contribution in [-0.4, -0.2) is 45.1 Å². The first-order chi connectivity index (χ1) is 12.4. The fourth-order valence-corrected chi connectivity index (χ4v) is 3.31. The molecule has 3 N–H and O–H groups in total. The number of carbonyl (C=O) groups is 1. The van der Waals surface area contributed by atoms with Crippen molar-refractivity contribution in [1.29, 1.82) is 0 Å². The van der Waals surface area contributed by atoms with Gasteiger partial charge in [-0.2, -0.15) is 5.10 Å². The van der Waals surface area contributed by atoms with E-state index < -0.39 is 17.9 Å². The highest BCUT2D eigenvalue weighted by molar-refractivity contribution is 6.30. The minimum Gasteiger partial charge on any atom is -0.469 e. The topological polar surface area (TPSA) is 103 Å². The van der Waals surface area contributed by atoms with Crippen LogP contribution in [-0.2, 0) is 16.0 Å². The Balaban J connectivity index is 0.00000261. The van der Waals surface area contributed by atoms with Crippen LogP contribution in [0.4, 0.5) is 4.39 Å². The number of hydrogen-bond acceptors (Lipinski definition) is 6. The smallest absolute Gasteiger partial charge is 0.313 e. The van der Waals surface area contributed by atoms with Gasteiger partial charge in [0.2, 0.25) is 0 Å². The number of benzene rings is 1. The van der Waals surface area contributed by atoms with E-state index in [0.717, 1.165) is 0 Å². The summed E-state index contributed by atoms with van der Waals surface area (Å²) in [4.78, 5) is 16.1. The largest absolute Gasteiger partial charge is 0.469 e. The fourth-order valence-electron chi connectivity index (χ4n) is 3.14. The lowest BCUT2D eigenvalue weighted by atomic mass is 9.83. The van der Waals surface area contributed by atoms with Gasteiger partial charge in [0.1, 0.15) is 18.1 Å². The molecule has 1 aromatic carbocycles. The number of carbonyl (C=O) groups excluding carboxylic acids is 1. The van der Waals surface area contributed by atoms with Crippen molar-refractivity contribution in [3.8, 4) is 5.69 Å². The highest BCUT2D eigenvalue weighted by atomic mass is 35.5. The minimum atomic E-state index is -0.544. The highest BCUT2D eigenvalue weighted by Crippen LogP contribution is 2.33. The molecular formula is C17H21Cl2FN4O3. The molecule has 3 atom stereocenters. The van der Waals surface area contributed by atoms with Crippen molar-refractivity contribution in [2.45, 2.75) is 43.7 Å². The lowest BCUT2D eigenvalue weighted by Crippen LogP contribution is -2.40. The molecule has 1 aliphatic rings. The summed E-state index contributed by atoms with van der Waals surface area (Å²) in [6.07, 6.45) is 1.15. The molecule has 0 bridgehead atoms. The molecule has 0 radical (unpaired) electrons. The SMILES string of the molecule is COC(=O)Cc1nc([C@H]2CC[C@@H](O)[C@H](N)C2)n(-c2ccc(F)c(Cl)c2)n1.Cl. The summed E-state index contributed by atoms with van der Waals surface area (Å²) in [5.41, 5.74) is 6.53. The summed E-state index contributed by atoms with van der Waals surface area (Å²) in [5.74, 6) is -0.131. The van der Waals surface area contributed by atoms with Crippen LogP contribution in [0, 0.1) is 5.82 Å². The minimum absolute atomic E-state index is 0. The Hall–Kier alpha value is -1.74. The van der Waals surface area contributed by atoms with Crippen molar-refractivity contribution in [3.05, 3.63) is 40.7 Å². The maximum atomic E-state index is 13.5. The number of methoxy groups -OCH3 is 1. The van der Waals surface area contributed by atoms with E-state index in [2.05, 4.69) is 14.8 Å². The van der Waals surface area contributed by atoms with Gasteiger partial charge >= 0.3 is 5.97 Å². The molecule has 1 fully saturated rings. The van der Waals surface area contributed by atoms with Crippen LogP contribution < -0.4 is 5.73 Å². The molecule has 0 aliphatic heterocycles. The number of hydrogen-bond donors (Lipinski definition) is 2. The Morgan fingerprint density at radius 1 is 1.48 bits per heavy atom. The quantitative estimate of drug-likeness (QED) is 0.737. The number of ether oxygens (including phenoxy) is 1. The van der Waals surface area contributed by atoms with E-state index in [0.29, 0.717) is 36.6 Å². The van der Waals surface area contributed by atoms with E-state index >= 15 is 0 Å². The Kier molecular flexibility index (Phi) is 7.16. The van der Waals surface area contributed by atoms with Crippen molar-refractivity contribution in [2.24, 2.45) is 5.73 Å². The van der Waals surface area contributed by atoms with Gasteiger partial charge in [-0.25, -0.2) is 14.1 Å². The van der Waals surface area contributed by atoms with E-state index in [1.807, 2.05) is 0 Å². The first-order valence-electron chi connectivity index (χ1n) is 8.30. The summed E-state index contributed by atoms with van der Waals surface area (Å²) in [6.45, 7) is 0. The standard InChI is InChI=1S/C17H20ClFN4O3.ClH/c1-26-16(25)8-15-21-17(9-2-5-14(24)13(20)6-9)23(22-15)10-3-4-12(19)11(18)7-10;/h3-4,7,9,13-14,24H,2,5-6,8,20H2,1H3;1H/t9-,13+,14+;/m0./s1. The number of nitrogens with zero attached hydrogens (tertiary/aromatic N) is 3. The molecule has 1 saturated carbocycles. The third-order valence-corrected chi connectivity index (χ3v) is 4.87. The molecule has 0 amide bonds. The van der Waals surface area contributed by atoms with E-state index in [4.69, 9.17) is 17.3 Å². The summed E-state index contributed by atoms with van der Waals surface area (Å²) in [5, 5.41) is 14.2. The lowest BCUT2D eigenvalue weighted by molar-refractivity contribution is -0.139. The molecule has 0 unspecified atom stereocenters. The molecule has 7 nitrogen and oxygen atoms in total. The predicted molar refractivity (Wildman–Crippen MR) is 99.9 cm³/mol. The van der Waals surface area contributed by atoms with Crippen molar-refractivity contribution >= 4 is 30.0 Å². The fraction of sp³-hybridized carbons (Fsp3) is 0.471. The third-order valence-electron chi connectivity index (χ3n) is 4.58. The monoisotopic (exact) mass is 418 g/mol. The molecule has 0 saturated heterocycles. The van der Waals surface area contributed by atoms with Gasteiger partial charge in [-0.05, 0) is 37.5 Å². The molecule has 10 heteroatoms. The zero-order valence-corrected chi connectivity index (χ0v) is 16.2. The second-order valence-corrected chi connectivity index (χ2v) is 6.80. The Bertz CT molecular complexity index is 817. The lowest BCUT2D eigenvalue weighted by Gasteiger charge is -2.30. The first-order valence-corrected chi connectivity index (χ1v) is 8.68. The van der Waals surface area contributed by atoms with Crippen LogP contribution in [0.1, 0.15) is 36.8 Å². The van der Waals surface area contributed by atoms with Crippen LogP contribution in [0.5, 0.6) is 0 Å². The predicted octanol–water partition coefficient (Wildman–Crippen LogP) is 2.15. The Morgan fingerprint density at radius 2 is 2.22 bits per heavy atom. The second-order valence-electron chi connectivity index (χ2n) is 6.39. The maximum Gasteiger partial charge on any atom is 0.313 e. The van der Waals surface area contributed by atoms with Crippen LogP contribution in [0.25, 0.3) is 5.69 Å². The Labute approximate surface area is 167 Å². The van der Waals surface area contributed by atoms with Gasteiger partial charge in [-0.15, -0.1) is 12.4 Å². The molecule has 3 rings (SSSR count). The number of rotatable bonds is 4. The van der Waals surface area contributed by atoms with Crippen molar-refractivity contribution < 1.29 is 19.0 Å². The summed E-state index contributed by atoms with van der Waals surface area (Å²) in [7, 11) is 1.29.